The molecule has 0 N–H and O–H groups in total. The molecule has 29 heavy (non-hydrogen) atoms. The van der Waals surface area contributed by atoms with Gasteiger partial charge in [-0.15, -0.1) is 5.01 Å². The van der Waals surface area contributed by atoms with Gasteiger partial charge in [0, 0.05) is 12.5 Å². The normalized spacial score (nSPS) is 20.1. The van der Waals surface area contributed by atoms with Gasteiger partial charge in [0.1, 0.15) is 5.75 Å². The number of rotatable bonds is 5. The highest BCUT2D eigenvalue weighted by Gasteiger charge is 2.49. The molecule has 3 rings (SSSR count). The SMILES string of the molecule is Cc1cc(C)c2c(c1)C=C(C(=O)OC(C)O/N=[N+](\[O-])N1CCC1)[C@@H](C(F)(F)F)O2. The number of hydrogen-bond donors (Lipinski definition) is 0. The Kier molecular flexibility index (Phi) is 5.58. The second-order valence-corrected chi connectivity index (χ2v) is 6.86. The van der Waals surface area contributed by atoms with Crippen molar-refractivity contribution in [3.05, 3.63) is 39.6 Å². The summed E-state index contributed by atoms with van der Waals surface area (Å²) >= 11 is 0. The maximum atomic E-state index is 13.5. The molecule has 2 heterocycles. The molecule has 0 spiro atoms. The quantitative estimate of drug-likeness (QED) is 0.241. The predicted octanol–water partition coefficient (Wildman–Crippen LogP) is 3.41. The number of fused-ring (bicyclic) bond motifs is 1. The molecular weight excluding hydrogens is 395 g/mol. The van der Waals surface area contributed by atoms with Crippen LogP contribution in [0.5, 0.6) is 5.75 Å². The first kappa shape index (κ1) is 20.7. The van der Waals surface area contributed by atoms with Crippen molar-refractivity contribution in [2.24, 2.45) is 5.28 Å². The van der Waals surface area contributed by atoms with Crippen molar-refractivity contribution in [2.45, 2.75) is 45.8 Å². The molecule has 0 saturated carbocycles. The second kappa shape index (κ2) is 7.80. The van der Waals surface area contributed by atoms with E-state index in [1.165, 1.54) is 11.9 Å². The first-order valence-corrected chi connectivity index (χ1v) is 8.92. The molecule has 2 atom stereocenters. The number of ether oxygens (including phenoxy) is 2. The minimum absolute atomic E-state index is 0.0605. The predicted molar refractivity (Wildman–Crippen MR) is 93.2 cm³/mol. The first-order valence-electron chi connectivity index (χ1n) is 8.92. The lowest BCUT2D eigenvalue weighted by Crippen LogP contribution is -2.42. The molecule has 0 aromatic heterocycles. The smallest absolute Gasteiger partial charge is 0.430 e. The number of hydrazine groups is 1. The Morgan fingerprint density at radius 3 is 2.66 bits per heavy atom. The third kappa shape index (κ3) is 4.54. The highest BCUT2D eigenvalue weighted by Crippen LogP contribution is 2.39. The van der Waals surface area contributed by atoms with E-state index in [-0.39, 0.29) is 10.7 Å². The minimum atomic E-state index is -4.84. The minimum Gasteiger partial charge on any atom is -0.569 e. The average Bonchev–Trinajstić information content (AvgIpc) is 2.56. The van der Waals surface area contributed by atoms with Crippen molar-refractivity contribution in [3.63, 3.8) is 0 Å². The molecule has 11 heteroatoms. The highest BCUT2D eigenvalue weighted by molar-refractivity contribution is 5.96. The molecule has 0 radical (unpaired) electrons. The van der Waals surface area contributed by atoms with Crippen LogP contribution in [0.1, 0.15) is 30.0 Å². The van der Waals surface area contributed by atoms with Gasteiger partial charge in [0.25, 0.3) is 6.29 Å². The first-order chi connectivity index (χ1) is 13.6. The standard InChI is InChI=1S/C18H20F3N3O5/c1-10-7-11(2)15-13(8-10)9-14(16(28-15)18(19,20)21)17(25)27-12(3)29-22-24(26)23-5-4-6-23/h7-9,12,16H,4-6H2,1-3H3/b24-22-/t12?,16-/m0/s1. The van der Waals surface area contributed by atoms with E-state index >= 15 is 0 Å². The summed E-state index contributed by atoms with van der Waals surface area (Å²) in [5, 5.41) is 16.1. The van der Waals surface area contributed by atoms with E-state index in [9.17, 15) is 23.2 Å². The van der Waals surface area contributed by atoms with Crippen molar-refractivity contribution in [1.82, 2.24) is 5.01 Å². The Balaban J connectivity index is 1.79. The monoisotopic (exact) mass is 415 g/mol. The van der Waals surface area contributed by atoms with Crippen LogP contribution < -0.4 is 4.74 Å². The van der Waals surface area contributed by atoms with Crippen LogP contribution in [-0.4, -0.2) is 47.6 Å². The number of nitrogens with zero attached hydrogens (tertiary/aromatic N) is 3. The van der Waals surface area contributed by atoms with Crippen LogP contribution in [0.25, 0.3) is 6.08 Å². The van der Waals surface area contributed by atoms with Gasteiger partial charge in [0.2, 0.25) is 11.4 Å². The van der Waals surface area contributed by atoms with Crippen molar-refractivity contribution in [1.29, 1.82) is 0 Å². The van der Waals surface area contributed by atoms with Gasteiger partial charge in [-0.05, 0) is 38.0 Å². The Labute approximate surface area is 164 Å². The summed E-state index contributed by atoms with van der Waals surface area (Å²) in [5.41, 5.74) is 0.954. The molecule has 1 unspecified atom stereocenters. The number of alkyl halides is 3. The molecule has 1 saturated heterocycles. The van der Waals surface area contributed by atoms with Crippen LogP contribution in [-0.2, 0) is 14.4 Å². The molecular formula is C18H20F3N3O5. The lowest BCUT2D eigenvalue weighted by atomic mass is 9.97. The fraction of sp³-hybridized carbons (Fsp3) is 0.500. The van der Waals surface area contributed by atoms with Crippen LogP contribution >= 0.6 is 0 Å². The summed E-state index contributed by atoms with van der Waals surface area (Å²) in [6.45, 7) is 5.67. The summed E-state index contributed by atoms with van der Waals surface area (Å²) in [6.07, 6.45) is -6.76. The zero-order valence-corrected chi connectivity index (χ0v) is 16.0. The Morgan fingerprint density at radius 2 is 2.07 bits per heavy atom. The largest absolute Gasteiger partial charge is 0.569 e. The van der Waals surface area contributed by atoms with Gasteiger partial charge in [-0.3, -0.25) is 4.84 Å². The molecule has 158 valence electrons. The summed E-state index contributed by atoms with van der Waals surface area (Å²) in [5.74, 6) is -1.22. The summed E-state index contributed by atoms with van der Waals surface area (Å²) in [6, 6.07) is 3.30. The number of aryl methyl sites for hydroxylation is 2. The third-order valence-corrected chi connectivity index (χ3v) is 4.42. The molecule has 1 aromatic rings. The van der Waals surface area contributed by atoms with E-state index in [1.807, 2.05) is 0 Å². The maximum Gasteiger partial charge on any atom is 0.430 e. The van der Waals surface area contributed by atoms with Crippen LogP contribution in [0, 0.1) is 19.1 Å². The lowest BCUT2D eigenvalue weighted by Gasteiger charge is -2.29. The van der Waals surface area contributed by atoms with Crippen LogP contribution in [0.15, 0.2) is 23.0 Å². The van der Waals surface area contributed by atoms with E-state index in [1.54, 1.807) is 26.0 Å². The Hall–Kier alpha value is -2.98. The topological polar surface area (TPSA) is 86.4 Å². The molecule has 2 aliphatic rings. The number of benzene rings is 1. The van der Waals surface area contributed by atoms with Gasteiger partial charge in [-0.1, -0.05) is 11.6 Å². The zero-order valence-electron chi connectivity index (χ0n) is 16.0. The van der Waals surface area contributed by atoms with Crippen LogP contribution in [0.3, 0.4) is 0 Å². The number of halogens is 3. The molecule has 1 fully saturated rings. The van der Waals surface area contributed by atoms with Gasteiger partial charge in [-0.25, -0.2) is 4.79 Å². The Bertz CT molecular complexity index is 865. The van der Waals surface area contributed by atoms with Gasteiger partial charge in [0.05, 0.1) is 23.6 Å². The number of carbonyl (C=O) groups is 1. The van der Waals surface area contributed by atoms with E-state index in [0.29, 0.717) is 24.2 Å². The number of carbonyl (C=O) groups excluding carboxylic acids is 1. The van der Waals surface area contributed by atoms with Crippen molar-refractivity contribution in [3.8, 4) is 5.75 Å². The summed E-state index contributed by atoms with van der Waals surface area (Å²) < 4.78 is 50.5. The third-order valence-electron chi connectivity index (χ3n) is 4.42. The van der Waals surface area contributed by atoms with Gasteiger partial charge < -0.3 is 14.7 Å². The zero-order chi connectivity index (χ0) is 21.3. The molecule has 0 bridgehead atoms. The Morgan fingerprint density at radius 1 is 1.38 bits per heavy atom. The molecule has 8 nitrogen and oxygen atoms in total. The highest BCUT2D eigenvalue weighted by atomic mass is 19.4. The molecule has 1 aromatic carbocycles. The fourth-order valence-corrected chi connectivity index (χ4v) is 2.96. The van der Waals surface area contributed by atoms with Crippen molar-refractivity contribution >= 4 is 12.0 Å². The van der Waals surface area contributed by atoms with Crippen LogP contribution in [0.2, 0.25) is 0 Å². The van der Waals surface area contributed by atoms with E-state index < -0.39 is 30.1 Å². The molecule has 2 aliphatic heterocycles. The summed E-state index contributed by atoms with van der Waals surface area (Å²) in [4.78, 5) is 17.4. The maximum absolute atomic E-state index is 13.5. The van der Waals surface area contributed by atoms with E-state index in [2.05, 4.69) is 5.28 Å². The molecule has 0 aliphatic carbocycles. The van der Waals surface area contributed by atoms with Crippen LogP contribution in [0.4, 0.5) is 13.2 Å². The second-order valence-electron chi connectivity index (χ2n) is 6.86. The fourth-order valence-electron chi connectivity index (χ4n) is 2.96. The number of hydrogen-bond acceptors (Lipinski definition) is 6. The lowest BCUT2D eigenvalue weighted by molar-refractivity contribution is -0.724. The average molecular weight is 415 g/mol. The van der Waals surface area contributed by atoms with Crippen molar-refractivity contribution in [2.75, 3.05) is 13.1 Å². The van der Waals surface area contributed by atoms with Crippen molar-refractivity contribution < 1.29 is 37.2 Å². The van der Waals surface area contributed by atoms with Gasteiger partial charge in [0.15, 0.2) is 0 Å². The van der Waals surface area contributed by atoms with Gasteiger partial charge in [-0.2, -0.15) is 13.2 Å². The van der Waals surface area contributed by atoms with E-state index in [4.69, 9.17) is 14.3 Å². The van der Waals surface area contributed by atoms with Gasteiger partial charge >= 0.3 is 12.1 Å². The molecule has 0 amide bonds. The summed E-state index contributed by atoms with van der Waals surface area (Å²) in [7, 11) is 0. The number of esters is 1. The van der Waals surface area contributed by atoms with E-state index in [0.717, 1.165) is 18.1 Å².